The zero-order chi connectivity index (χ0) is 13.1. The van der Waals surface area contributed by atoms with E-state index in [-0.39, 0.29) is 10.5 Å². The number of benzene rings is 1. The summed E-state index contributed by atoms with van der Waals surface area (Å²) in [4.78, 5) is 11.1. The molecule has 1 aromatic carbocycles. The van der Waals surface area contributed by atoms with E-state index in [0.717, 1.165) is 24.6 Å². The smallest absolute Gasteiger partial charge is 0.254 e. The van der Waals surface area contributed by atoms with E-state index < -0.39 is 21.7 Å². The van der Waals surface area contributed by atoms with Crippen LogP contribution in [0.15, 0.2) is 23.1 Å². The molecule has 7 heteroatoms. The van der Waals surface area contributed by atoms with Crippen LogP contribution < -0.4 is 10.5 Å². The fraction of sp³-hybridized carbons (Fsp3) is 0.300. The Hall–Kier alpha value is -1.47. The molecule has 0 fully saturated rings. The summed E-state index contributed by atoms with van der Waals surface area (Å²) in [6.07, 6.45) is 0.725. The SMILES string of the molecule is CCCNC(=O)c1ccc(S(N)(=O)=O)cc1F. The molecular weight excluding hydrogens is 247 g/mol. The molecule has 1 aromatic rings. The van der Waals surface area contributed by atoms with Crippen molar-refractivity contribution in [2.75, 3.05) is 6.54 Å². The van der Waals surface area contributed by atoms with Gasteiger partial charge in [-0.25, -0.2) is 17.9 Å². The molecule has 0 spiro atoms. The number of nitrogens with one attached hydrogen (secondary N) is 1. The first kappa shape index (κ1) is 13.6. The van der Waals surface area contributed by atoms with Crippen molar-refractivity contribution in [2.45, 2.75) is 18.2 Å². The lowest BCUT2D eigenvalue weighted by Gasteiger charge is -2.05. The maximum Gasteiger partial charge on any atom is 0.254 e. The highest BCUT2D eigenvalue weighted by Crippen LogP contribution is 2.13. The Morgan fingerprint density at radius 1 is 1.47 bits per heavy atom. The van der Waals surface area contributed by atoms with Gasteiger partial charge in [0.2, 0.25) is 10.0 Å². The number of nitrogens with two attached hydrogens (primary N) is 1. The van der Waals surface area contributed by atoms with Crippen molar-refractivity contribution >= 4 is 15.9 Å². The maximum absolute atomic E-state index is 13.5. The third kappa shape index (κ3) is 3.50. The Bertz CT molecular complexity index is 528. The molecule has 0 aliphatic carbocycles. The molecule has 1 amide bonds. The number of sulfonamides is 1. The molecule has 0 atom stereocenters. The lowest BCUT2D eigenvalue weighted by Crippen LogP contribution is -2.25. The summed E-state index contributed by atoms with van der Waals surface area (Å²) in [6.45, 7) is 2.29. The molecule has 0 bridgehead atoms. The van der Waals surface area contributed by atoms with Crippen molar-refractivity contribution in [2.24, 2.45) is 5.14 Å². The number of primary sulfonamides is 1. The van der Waals surface area contributed by atoms with Gasteiger partial charge in [-0.05, 0) is 24.6 Å². The third-order valence-electron chi connectivity index (χ3n) is 2.05. The molecule has 94 valence electrons. The van der Waals surface area contributed by atoms with Crippen LogP contribution in [0.2, 0.25) is 0 Å². The van der Waals surface area contributed by atoms with E-state index in [1.807, 2.05) is 6.92 Å². The number of carbonyl (C=O) groups excluding carboxylic acids is 1. The predicted octanol–water partition coefficient (Wildman–Crippen LogP) is 0.613. The second-order valence-corrected chi connectivity index (χ2v) is 5.00. The second kappa shape index (κ2) is 5.24. The van der Waals surface area contributed by atoms with Gasteiger partial charge in [0.1, 0.15) is 5.82 Å². The van der Waals surface area contributed by atoms with Crippen LogP contribution in [0.3, 0.4) is 0 Å². The van der Waals surface area contributed by atoms with Crippen LogP contribution in [-0.2, 0) is 10.0 Å². The fourth-order valence-corrected chi connectivity index (χ4v) is 1.72. The van der Waals surface area contributed by atoms with Crippen LogP contribution in [0.4, 0.5) is 4.39 Å². The van der Waals surface area contributed by atoms with E-state index in [9.17, 15) is 17.6 Å². The van der Waals surface area contributed by atoms with Crippen molar-refractivity contribution in [1.82, 2.24) is 5.32 Å². The second-order valence-electron chi connectivity index (χ2n) is 3.44. The van der Waals surface area contributed by atoms with Gasteiger partial charge in [0.25, 0.3) is 5.91 Å². The molecule has 0 radical (unpaired) electrons. The summed E-state index contributed by atoms with van der Waals surface area (Å²) < 4.78 is 35.4. The highest BCUT2D eigenvalue weighted by atomic mass is 32.2. The monoisotopic (exact) mass is 260 g/mol. The first-order valence-electron chi connectivity index (χ1n) is 4.96. The average Bonchev–Trinajstić information content (AvgIpc) is 2.24. The van der Waals surface area contributed by atoms with Gasteiger partial charge in [0, 0.05) is 6.54 Å². The molecule has 0 saturated carbocycles. The largest absolute Gasteiger partial charge is 0.352 e. The molecule has 3 N–H and O–H groups in total. The molecule has 0 unspecified atom stereocenters. The zero-order valence-corrected chi connectivity index (χ0v) is 10.1. The van der Waals surface area contributed by atoms with E-state index in [1.165, 1.54) is 0 Å². The molecular formula is C10H13FN2O3S. The van der Waals surface area contributed by atoms with Gasteiger partial charge in [-0.2, -0.15) is 0 Å². The minimum absolute atomic E-state index is 0.203. The topological polar surface area (TPSA) is 89.3 Å². The van der Waals surface area contributed by atoms with Gasteiger partial charge in [-0.15, -0.1) is 0 Å². The zero-order valence-electron chi connectivity index (χ0n) is 9.23. The summed E-state index contributed by atoms with van der Waals surface area (Å²) in [5.41, 5.74) is -0.203. The summed E-state index contributed by atoms with van der Waals surface area (Å²) >= 11 is 0. The van der Waals surface area contributed by atoms with Crippen molar-refractivity contribution < 1.29 is 17.6 Å². The minimum atomic E-state index is -3.96. The van der Waals surface area contributed by atoms with E-state index in [0.29, 0.717) is 6.54 Å². The number of carbonyl (C=O) groups is 1. The molecule has 0 heterocycles. The number of hydrogen-bond acceptors (Lipinski definition) is 3. The van der Waals surface area contributed by atoms with Crippen LogP contribution in [0.1, 0.15) is 23.7 Å². The van der Waals surface area contributed by atoms with Crippen LogP contribution in [0.25, 0.3) is 0 Å². The molecule has 17 heavy (non-hydrogen) atoms. The average molecular weight is 260 g/mol. The standard InChI is InChI=1S/C10H13FN2O3S/c1-2-5-13-10(14)8-4-3-7(6-9(8)11)17(12,15)16/h3-4,6H,2,5H2,1H3,(H,13,14)(H2,12,15,16). The number of rotatable bonds is 4. The van der Waals surface area contributed by atoms with Crippen LogP contribution in [-0.4, -0.2) is 20.9 Å². The summed E-state index contributed by atoms with van der Waals surface area (Å²) in [5, 5.41) is 7.33. The fourth-order valence-electron chi connectivity index (χ4n) is 1.19. The van der Waals surface area contributed by atoms with Crippen LogP contribution in [0.5, 0.6) is 0 Å². The molecule has 0 aliphatic heterocycles. The highest BCUT2D eigenvalue weighted by Gasteiger charge is 2.15. The van der Waals surface area contributed by atoms with E-state index in [2.05, 4.69) is 5.32 Å². The Morgan fingerprint density at radius 3 is 2.59 bits per heavy atom. The third-order valence-corrected chi connectivity index (χ3v) is 2.96. The summed E-state index contributed by atoms with van der Waals surface area (Å²) in [6, 6.07) is 2.93. The van der Waals surface area contributed by atoms with Crippen LogP contribution >= 0.6 is 0 Å². The Labute approximate surface area is 98.9 Å². The van der Waals surface area contributed by atoms with Crippen molar-refractivity contribution in [3.8, 4) is 0 Å². The summed E-state index contributed by atoms with van der Waals surface area (Å²) in [5.74, 6) is -1.49. The molecule has 0 saturated heterocycles. The molecule has 1 rings (SSSR count). The van der Waals surface area contributed by atoms with Gasteiger partial charge < -0.3 is 5.32 Å². The Balaban J connectivity index is 3.02. The number of hydrogen-bond donors (Lipinski definition) is 2. The molecule has 5 nitrogen and oxygen atoms in total. The highest BCUT2D eigenvalue weighted by molar-refractivity contribution is 7.89. The van der Waals surface area contributed by atoms with Crippen LogP contribution in [0, 0.1) is 5.82 Å². The van der Waals surface area contributed by atoms with E-state index >= 15 is 0 Å². The Kier molecular flexibility index (Phi) is 4.19. The lowest BCUT2D eigenvalue weighted by molar-refractivity contribution is 0.0949. The van der Waals surface area contributed by atoms with Gasteiger partial charge in [0.05, 0.1) is 10.5 Å². The van der Waals surface area contributed by atoms with Gasteiger partial charge in [-0.1, -0.05) is 6.92 Å². The first-order chi connectivity index (χ1) is 7.86. The van der Waals surface area contributed by atoms with Gasteiger partial charge in [0.15, 0.2) is 0 Å². The quantitative estimate of drug-likeness (QED) is 0.831. The van der Waals surface area contributed by atoms with E-state index in [4.69, 9.17) is 5.14 Å². The Morgan fingerprint density at radius 2 is 2.12 bits per heavy atom. The lowest BCUT2D eigenvalue weighted by atomic mass is 10.2. The molecule has 0 aliphatic rings. The predicted molar refractivity (Wildman–Crippen MR) is 60.4 cm³/mol. The molecule has 0 aromatic heterocycles. The summed E-state index contributed by atoms with van der Waals surface area (Å²) in [7, 11) is -3.96. The van der Waals surface area contributed by atoms with Crippen molar-refractivity contribution in [1.29, 1.82) is 0 Å². The van der Waals surface area contributed by atoms with Gasteiger partial charge >= 0.3 is 0 Å². The van der Waals surface area contributed by atoms with Gasteiger partial charge in [-0.3, -0.25) is 4.79 Å². The maximum atomic E-state index is 13.5. The first-order valence-corrected chi connectivity index (χ1v) is 6.51. The number of halogens is 1. The normalized spacial score (nSPS) is 11.2. The van der Waals surface area contributed by atoms with Crippen molar-refractivity contribution in [3.63, 3.8) is 0 Å². The number of amides is 1. The van der Waals surface area contributed by atoms with E-state index in [1.54, 1.807) is 0 Å². The minimum Gasteiger partial charge on any atom is -0.352 e. The van der Waals surface area contributed by atoms with Crippen molar-refractivity contribution in [3.05, 3.63) is 29.6 Å².